The van der Waals surface area contributed by atoms with Gasteiger partial charge in [0.25, 0.3) is 0 Å². The van der Waals surface area contributed by atoms with Crippen LogP contribution in [0.3, 0.4) is 0 Å². The van der Waals surface area contributed by atoms with Crippen molar-refractivity contribution in [1.29, 1.82) is 0 Å². The zero-order chi connectivity index (χ0) is 12.3. The van der Waals surface area contributed by atoms with Crippen LogP contribution < -0.4 is 0 Å². The molecule has 1 N–H and O–H groups in total. The van der Waals surface area contributed by atoms with Crippen molar-refractivity contribution in [1.82, 2.24) is 0 Å². The highest BCUT2D eigenvalue weighted by atomic mass is 32.1. The van der Waals surface area contributed by atoms with Crippen molar-refractivity contribution in [2.75, 3.05) is 0 Å². The first-order chi connectivity index (χ1) is 8.33. The smallest absolute Gasteiger partial charge is 0.0588 e. The van der Waals surface area contributed by atoms with Gasteiger partial charge in [0.2, 0.25) is 0 Å². The molecule has 0 saturated heterocycles. The zero-order valence-corrected chi connectivity index (χ0v) is 11.8. The lowest BCUT2D eigenvalue weighted by molar-refractivity contribution is 0.161. The Morgan fingerprint density at radius 1 is 1.12 bits per heavy atom. The molecule has 1 heterocycles. The van der Waals surface area contributed by atoms with E-state index in [1.54, 1.807) is 11.3 Å². The Morgan fingerprint density at radius 2 is 1.82 bits per heavy atom. The molecule has 0 fully saturated rings. The average molecular weight is 254 g/mol. The van der Waals surface area contributed by atoms with Gasteiger partial charge in [-0.05, 0) is 17.9 Å². The topological polar surface area (TPSA) is 20.2 Å². The van der Waals surface area contributed by atoms with Crippen LogP contribution in [0.5, 0.6) is 0 Å². The minimum Gasteiger partial charge on any atom is -0.393 e. The molecule has 17 heavy (non-hydrogen) atoms. The first-order valence-corrected chi connectivity index (χ1v) is 7.91. The maximum atomic E-state index is 9.87. The number of unbranched alkanes of at least 4 members (excludes halogenated alkanes) is 6. The van der Waals surface area contributed by atoms with Crippen LogP contribution in [0.4, 0.5) is 0 Å². The predicted molar refractivity (Wildman–Crippen MR) is 76.6 cm³/mol. The van der Waals surface area contributed by atoms with Crippen LogP contribution in [0.1, 0.15) is 63.2 Å². The lowest BCUT2D eigenvalue weighted by atomic mass is 10.0. The molecule has 1 aromatic rings. The molecule has 1 nitrogen and oxygen atoms in total. The lowest BCUT2D eigenvalue weighted by Crippen LogP contribution is -2.09. The van der Waals surface area contributed by atoms with Crippen LogP contribution in [0.2, 0.25) is 0 Å². The lowest BCUT2D eigenvalue weighted by Gasteiger charge is -2.08. The van der Waals surface area contributed by atoms with Gasteiger partial charge < -0.3 is 5.11 Å². The number of hydrogen-bond acceptors (Lipinski definition) is 2. The van der Waals surface area contributed by atoms with Gasteiger partial charge in [-0.3, -0.25) is 0 Å². The second-order valence-electron chi connectivity index (χ2n) is 4.85. The third kappa shape index (κ3) is 7.56. The van der Waals surface area contributed by atoms with Gasteiger partial charge in [-0.1, -0.05) is 57.9 Å². The summed E-state index contributed by atoms with van der Waals surface area (Å²) in [5.41, 5.74) is 0. The van der Waals surface area contributed by atoms with Crippen molar-refractivity contribution >= 4 is 11.3 Å². The molecule has 0 aliphatic carbocycles. The number of hydrogen-bond donors (Lipinski definition) is 1. The standard InChI is InChI=1S/C15H26OS/c1-2-3-4-5-6-7-8-10-14(16)13-15-11-9-12-17-15/h9,11-12,14,16H,2-8,10,13H2,1H3. The molecule has 0 aromatic carbocycles. The van der Waals surface area contributed by atoms with Crippen molar-refractivity contribution in [3.05, 3.63) is 22.4 Å². The van der Waals surface area contributed by atoms with Crippen LogP contribution in [0, 0.1) is 0 Å². The van der Waals surface area contributed by atoms with Crippen molar-refractivity contribution in [2.24, 2.45) is 0 Å². The summed E-state index contributed by atoms with van der Waals surface area (Å²) >= 11 is 1.74. The maximum absolute atomic E-state index is 9.87. The van der Waals surface area contributed by atoms with Crippen LogP contribution >= 0.6 is 11.3 Å². The molecule has 2 heteroatoms. The number of aliphatic hydroxyl groups is 1. The molecule has 0 aliphatic rings. The Hall–Kier alpha value is -0.340. The van der Waals surface area contributed by atoms with Crippen LogP contribution in [0.15, 0.2) is 17.5 Å². The highest BCUT2D eigenvalue weighted by molar-refractivity contribution is 7.09. The summed E-state index contributed by atoms with van der Waals surface area (Å²) in [6.45, 7) is 2.25. The minimum absolute atomic E-state index is 0.135. The van der Waals surface area contributed by atoms with Crippen molar-refractivity contribution in [3.63, 3.8) is 0 Å². The zero-order valence-electron chi connectivity index (χ0n) is 11.0. The summed E-state index contributed by atoms with van der Waals surface area (Å²) in [5, 5.41) is 11.9. The third-order valence-corrected chi connectivity index (χ3v) is 4.06. The second kappa shape index (κ2) is 9.67. The number of thiophene rings is 1. The predicted octanol–water partition coefficient (Wildman–Crippen LogP) is 4.79. The quantitative estimate of drug-likeness (QED) is 0.595. The summed E-state index contributed by atoms with van der Waals surface area (Å²) in [6, 6.07) is 4.17. The Morgan fingerprint density at radius 3 is 2.47 bits per heavy atom. The van der Waals surface area contributed by atoms with Gasteiger partial charge in [0.15, 0.2) is 0 Å². The minimum atomic E-state index is -0.135. The van der Waals surface area contributed by atoms with E-state index in [1.165, 1.54) is 49.8 Å². The van der Waals surface area contributed by atoms with E-state index in [9.17, 15) is 5.11 Å². The van der Waals surface area contributed by atoms with Gasteiger partial charge in [0.1, 0.15) is 0 Å². The summed E-state index contributed by atoms with van der Waals surface area (Å²) in [6.07, 6.45) is 10.9. The molecular weight excluding hydrogens is 228 g/mol. The first kappa shape index (κ1) is 14.7. The van der Waals surface area contributed by atoms with E-state index in [0.29, 0.717) is 0 Å². The summed E-state index contributed by atoms with van der Waals surface area (Å²) in [5.74, 6) is 0. The van der Waals surface area contributed by atoms with E-state index in [2.05, 4.69) is 24.4 Å². The highest BCUT2D eigenvalue weighted by Crippen LogP contribution is 2.15. The van der Waals surface area contributed by atoms with E-state index >= 15 is 0 Å². The molecule has 0 aliphatic heterocycles. The van der Waals surface area contributed by atoms with Crippen LogP contribution in [-0.4, -0.2) is 11.2 Å². The normalized spacial score (nSPS) is 12.8. The van der Waals surface area contributed by atoms with Gasteiger partial charge in [0, 0.05) is 11.3 Å². The Labute approximate surface area is 110 Å². The molecule has 0 bridgehead atoms. The summed E-state index contributed by atoms with van der Waals surface area (Å²) in [4.78, 5) is 1.31. The molecule has 0 amide bonds. The second-order valence-corrected chi connectivity index (χ2v) is 5.88. The Bertz CT molecular complexity index is 256. The maximum Gasteiger partial charge on any atom is 0.0588 e. The van der Waals surface area contributed by atoms with E-state index in [4.69, 9.17) is 0 Å². The monoisotopic (exact) mass is 254 g/mol. The number of rotatable bonds is 10. The third-order valence-electron chi connectivity index (χ3n) is 3.16. The first-order valence-electron chi connectivity index (χ1n) is 7.03. The van der Waals surface area contributed by atoms with E-state index in [0.717, 1.165) is 12.8 Å². The SMILES string of the molecule is CCCCCCCCCC(O)Cc1cccs1. The van der Waals surface area contributed by atoms with Gasteiger partial charge in [0.05, 0.1) is 6.10 Å². The fourth-order valence-electron chi connectivity index (χ4n) is 2.10. The summed E-state index contributed by atoms with van der Waals surface area (Å²) < 4.78 is 0. The Balaban J connectivity index is 1.92. The molecule has 0 spiro atoms. The molecular formula is C15H26OS. The van der Waals surface area contributed by atoms with Gasteiger partial charge >= 0.3 is 0 Å². The summed E-state index contributed by atoms with van der Waals surface area (Å²) in [7, 11) is 0. The fraction of sp³-hybridized carbons (Fsp3) is 0.733. The molecule has 1 rings (SSSR count). The van der Waals surface area contributed by atoms with Gasteiger partial charge in [-0.25, -0.2) is 0 Å². The molecule has 0 radical (unpaired) electrons. The van der Waals surface area contributed by atoms with Crippen molar-refractivity contribution in [2.45, 2.75) is 70.8 Å². The molecule has 1 atom stereocenters. The number of aliphatic hydroxyl groups excluding tert-OH is 1. The van der Waals surface area contributed by atoms with Gasteiger partial charge in [-0.2, -0.15) is 0 Å². The van der Waals surface area contributed by atoms with E-state index in [1.807, 2.05) is 0 Å². The highest BCUT2D eigenvalue weighted by Gasteiger charge is 2.05. The van der Waals surface area contributed by atoms with Crippen LogP contribution in [-0.2, 0) is 6.42 Å². The van der Waals surface area contributed by atoms with Crippen LogP contribution in [0.25, 0.3) is 0 Å². The van der Waals surface area contributed by atoms with E-state index < -0.39 is 0 Å². The molecule has 1 aromatic heterocycles. The van der Waals surface area contributed by atoms with E-state index in [-0.39, 0.29) is 6.10 Å². The Kier molecular flexibility index (Phi) is 8.37. The van der Waals surface area contributed by atoms with Crippen molar-refractivity contribution < 1.29 is 5.11 Å². The molecule has 98 valence electrons. The average Bonchev–Trinajstić information content (AvgIpc) is 2.80. The fourth-order valence-corrected chi connectivity index (χ4v) is 2.88. The van der Waals surface area contributed by atoms with Crippen molar-refractivity contribution in [3.8, 4) is 0 Å². The molecule has 0 saturated carbocycles. The van der Waals surface area contributed by atoms with Gasteiger partial charge in [-0.15, -0.1) is 11.3 Å². The largest absolute Gasteiger partial charge is 0.393 e. The molecule has 1 unspecified atom stereocenters.